The van der Waals surface area contributed by atoms with Crippen LogP contribution in [0.3, 0.4) is 0 Å². The summed E-state index contributed by atoms with van der Waals surface area (Å²) in [5.41, 5.74) is 2.26. The Kier molecular flexibility index (Phi) is 5.55. The molecular weight excluding hydrogens is 304 g/mol. The largest absolute Gasteiger partial charge is 0.492 e. The van der Waals surface area contributed by atoms with E-state index in [1.807, 2.05) is 31.2 Å². The predicted molar refractivity (Wildman–Crippen MR) is 96.6 cm³/mol. The number of benzene rings is 1. The van der Waals surface area contributed by atoms with Crippen molar-refractivity contribution in [3.8, 4) is 5.75 Å². The smallest absolute Gasteiger partial charge is 0.190 e. The molecule has 3 nitrogen and oxygen atoms in total. The maximum atomic E-state index is 5.72. The molecule has 0 unspecified atom stereocenters. The van der Waals surface area contributed by atoms with Crippen molar-refractivity contribution in [2.75, 3.05) is 6.61 Å². The highest BCUT2D eigenvalue weighted by molar-refractivity contribution is 7.07. The topological polar surface area (TPSA) is 26.5 Å². The SMILES string of the molecule is CCOc1ccccc1N=c1scc(C)n1C1CCCCCC1. The van der Waals surface area contributed by atoms with Crippen LogP contribution in [0.5, 0.6) is 5.75 Å². The second-order valence-electron chi connectivity index (χ2n) is 6.19. The van der Waals surface area contributed by atoms with E-state index in [0.29, 0.717) is 12.6 Å². The third kappa shape index (κ3) is 3.86. The van der Waals surface area contributed by atoms with Gasteiger partial charge in [-0.15, -0.1) is 11.3 Å². The number of nitrogens with zero attached hydrogens (tertiary/aromatic N) is 2. The third-order valence-electron chi connectivity index (χ3n) is 4.49. The highest BCUT2D eigenvalue weighted by atomic mass is 32.1. The van der Waals surface area contributed by atoms with Gasteiger partial charge in [-0.3, -0.25) is 0 Å². The van der Waals surface area contributed by atoms with E-state index in [-0.39, 0.29) is 0 Å². The Labute approximate surface area is 142 Å². The number of hydrogen-bond acceptors (Lipinski definition) is 3. The molecule has 0 N–H and O–H groups in total. The zero-order valence-electron chi connectivity index (χ0n) is 14.1. The van der Waals surface area contributed by atoms with Crippen molar-refractivity contribution in [3.63, 3.8) is 0 Å². The van der Waals surface area contributed by atoms with Crippen molar-refractivity contribution in [3.05, 3.63) is 40.1 Å². The predicted octanol–water partition coefficient (Wildman–Crippen LogP) is 5.38. The van der Waals surface area contributed by atoms with Gasteiger partial charge in [0.2, 0.25) is 0 Å². The molecule has 1 aliphatic rings. The first-order valence-corrected chi connectivity index (χ1v) is 9.60. The van der Waals surface area contributed by atoms with Crippen LogP contribution in [-0.2, 0) is 0 Å². The molecule has 0 bridgehead atoms. The van der Waals surface area contributed by atoms with Crippen molar-refractivity contribution in [2.24, 2.45) is 4.99 Å². The van der Waals surface area contributed by atoms with E-state index >= 15 is 0 Å². The molecule has 0 amide bonds. The quantitative estimate of drug-likeness (QED) is 0.691. The Hall–Kier alpha value is -1.55. The van der Waals surface area contributed by atoms with Gasteiger partial charge in [-0.2, -0.15) is 0 Å². The van der Waals surface area contributed by atoms with Crippen LogP contribution in [0, 0.1) is 6.92 Å². The highest BCUT2D eigenvalue weighted by Gasteiger charge is 2.17. The summed E-state index contributed by atoms with van der Waals surface area (Å²) in [5, 5.41) is 2.23. The van der Waals surface area contributed by atoms with Crippen LogP contribution in [0.4, 0.5) is 5.69 Å². The minimum absolute atomic E-state index is 0.599. The first-order valence-electron chi connectivity index (χ1n) is 8.72. The van der Waals surface area contributed by atoms with Crippen molar-refractivity contribution in [1.82, 2.24) is 4.57 Å². The Morgan fingerprint density at radius 1 is 1.17 bits per heavy atom. The van der Waals surface area contributed by atoms with Gasteiger partial charge >= 0.3 is 0 Å². The van der Waals surface area contributed by atoms with Crippen LogP contribution in [-0.4, -0.2) is 11.2 Å². The van der Waals surface area contributed by atoms with Crippen LogP contribution >= 0.6 is 11.3 Å². The lowest BCUT2D eigenvalue weighted by molar-refractivity contribution is 0.341. The molecule has 0 spiro atoms. The fourth-order valence-electron chi connectivity index (χ4n) is 3.37. The van der Waals surface area contributed by atoms with Gasteiger partial charge in [0.1, 0.15) is 11.4 Å². The van der Waals surface area contributed by atoms with E-state index in [9.17, 15) is 0 Å². The third-order valence-corrected chi connectivity index (χ3v) is 5.45. The molecule has 1 heterocycles. The molecule has 1 aromatic heterocycles. The molecule has 3 rings (SSSR count). The van der Waals surface area contributed by atoms with Crippen molar-refractivity contribution < 1.29 is 4.74 Å². The van der Waals surface area contributed by atoms with Crippen molar-refractivity contribution in [1.29, 1.82) is 0 Å². The van der Waals surface area contributed by atoms with E-state index in [0.717, 1.165) is 16.2 Å². The molecule has 0 atom stereocenters. The molecule has 1 saturated carbocycles. The molecule has 0 saturated heterocycles. The molecule has 0 radical (unpaired) electrons. The van der Waals surface area contributed by atoms with Gasteiger partial charge in [0.25, 0.3) is 0 Å². The zero-order chi connectivity index (χ0) is 16.1. The van der Waals surface area contributed by atoms with Gasteiger partial charge in [0.15, 0.2) is 4.80 Å². The number of hydrogen-bond donors (Lipinski definition) is 0. The Bertz CT molecular complexity index is 693. The zero-order valence-corrected chi connectivity index (χ0v) is 14.9. The Morgan fingerprint density at radius 3 is 2.65 bits per heavy atom. The van der Waals surface area contributed by atoms with Crippen LogP contribution in [0.2, 0.25) is 0 Å². The van der Waals surface area contributed by atoms with Gasteiger partial charge in [0.05, 0.1) is 6.61 Å². The van der Waals surface area contributed by atoms with Crippen LogP contribution in [0.15, 0.2) is 34.6 Å². The average molecular weight is 330 g/mol. The molecule has 0 aliphatic heterocycles. The van der Waals surface area contributed by atoms with E-state index in [4.69, 9.17) is 9.73 Å². The van der Waals surface area contributed by atoms with E-state index < -0.39 is 0 Å². The summed E-state index contributed by atoms with van der Waals surface area (Å²) in [7, 11) is 0. The second kappa shape index (κ2) is 7.82. The summed E-state index contributed by atoms with van der Waals surface area (Å²) in [6.45, 7) is 4.88. The maximum Gasteiger partial charge on any atom is 0.190 e. The van der Waals surface area contributed by atoms with Crippen molar-refractivity contribution in [2.45, 2.75) is 58.4 Å². The molecule has 23 heavy (non-hydrogen) atoms. The minimum Gasteiger partial charge on any atom is -0.492 e. The monoisotopic (exact) mass is 330 g/mol. The van der Waals surface area contributed by atoms with Crippen LogP contribution < -0.4 is 9.54 Å². The number of aromatic nitrogens is 1. The van der Waals surface area contributed by atoms with E-state index in [1.54, 1.807) is 11.3 Å². The summed E-state index contributed by atoms with van der Waals surface area (Å²) in [6.07, 6.45) is 7.97. The molecule has 1 aromatic carbocycles. The summed E-state index contributed by atoms with van der Waals surface area (Å²) in [5.74, 6) is 0.869. The molecule has 124 valence electrons. The number of thiazole rings is 1. The van der Waals surface area contributed by atoms with E-state index in [2.05, 4.69) is 16.9 Å². The lowest BCUT2D eigenvalue weighted by Crippen LogP contribution is -2.21. The fourth-order valence-corrected chi connectivity index (χ4v) is 4.32. The molecule has 2 aromatic rings. The average Bonchev–Trinajstić information content (AvgIpc) is 2.77. The van der Waals surface area contributed by atoms with Gasteiger partial charge in [0, 0.05) is 17.1 Å². The number of para-hydroxylation sites is 2. The van der Waals surface area contributed by atoms with Crippen LogP contribution in [0.1, 0.15) is 57.2 Å². The fraction of sp³-hybridized carbons (Fsp3) is 0.526. The Morgan fingerprint density at radius 2 is 1.91 bits per heavy atom. The molecule has 1 fully saturated rings. The summed E-state index contributed by atoms with van der Waals surface area (Å²) in [4.78, 5) is 6.04. The standard InChI is InChI=1S/C19H26N2OS/c1-3-22-18-13-9-8-12-17(18)20-19-21(15(2)14-23-19)16-10-6-4-5-7-11-16/h8-9,12-14,16H,3-7,10-11H2,1-2H3. The lowest BCUT2D eigenvalue weighted by Gasteiger charge is -2.18. The molecular formula is C19H26N2OS. The van der Waals surface area contributed by atoms with Gasteiger partial charge < -0.3 is 9.30 Å². The summed E-state index contributed by atoms with van der Waals surface area (Å²) >= 11 is 1.74. The van der Waals surface area contributed by atoms with E-state index in [1.165, 1.54) is 44.2 Å². The summed E-state index contributed by atoms with van der Waals surface area (Å²) in [6, 6.07) is 8.67. The number of rotatable bonds is 4. The first kappa shape index (κ1) is 16.3. The minimum atomic E-state index is 0.599. The van der Waals surface area contributed by atoms with Gasteiger partial charge in [-0.1, -0.05) is 37.8 Å². The highest BCUT2D eigenvalue weighted by Crippen LogP contribution is 2.29. The number of ether oxygens (including phenoxy) is 1. The lowest BCUT2D eigenvalue weighted by atomic mass is 10.1. The maximum absolute atomic E-state index is 5.72. The first-order chi connectivity index (χ1) is 11.3. The molecule has 4 heteroatoms. The van der Waals surface area contributed by atoms with Gasteiger partial charge in [-0.25, -0.2) is 4.99 Å². The van der Waals surface area contributed by atoms with Gasteiger partial charge in [-0.05, 0) is 38.8 Å². The van der Waals surface area contributed by atoms with Crippen LogP contribution in [0.25, 0.3) is 0 Å². The Balaban J connectivity index is 2.00. The second-order valence-corrected chi connectivity index (χ2v) is 7.02. The molecule has 1 aliphatic carbocycles. The number of aryl methyl sites for hydroxylation is 1. The normalized spacial score (nSPS) is 17.2. The summed E-state index contributed by atoms with van der Waals surface area (Å²) < 4.78 is 8.18. The van der Waals surface area contributed by atoms with Crippen molar-refractivity contribution >= 4 is 17.0 Å².